The molecule has 0 aliphatic rings. The highest BCUT2D eigenvalue weighted by atomic mass is 32.2. The van der Waals surface area contributed by atoms with Crippen molar-refractivity contribution >= 4 is 17.4 Å². The minimum absolute atomic E-state index is 0.672. The molecule has 0 unspecified atom stereocenters. The quantitative estimate of drug-likeness (QED) is 0.606. The molecule has 84 valence electrons. The Labute approximate surface area is 97.8 Å². The van der Waals surface area contributed by atoms with E-state index < -0.39 is 0 Å². The van der Waals surface area contributed by atoms with Gasteiger partial charge < -0.3 is 11.6 Å². The van der Waals surface area contributed by atoms with E-state index >= 15 is 0 Å². The lowest BCUT2D eigenvalue weighted by molar-refractivity contribution is 0.825. The van der Waals surface area contributed by atoms with Crippen molar-refractivity contribution in [3.05, 3.63) is 29.6 Å². The van der Waals surface area contributed by atoms with Gasteiger partial charge in [-0.2, -0.15) is 0 Å². The van der Waals surface area contributed by atoms with Gasteiger partial charge >= 0.3 is 0 Å². The normalized spacial score (nSPS) is 10.6. The van der Waals surface area contributed by atoms with Crippen LogP contribution in [0.4, 0.5) is 5.69 Å². The molecule has 0 radical (unpaired) electrons. The summed E-state index contributed by atoms with van der Waals surface area (Å²) in [4.78, 5) is 1.08. The number of nitrogen functional groups attached to an aromatic ring is 2. The van der Waals surface area contributed by atoms with E-state index in [9.17, 15) is 0 Å². The second-order valence-corrected chi connectivity index (χ2v) is 4.54. The Morgan fingerprint density at radius 1 is 1.25 bits per heavy atom. The van der Waals surface area contributed by atoms with E-state index in [1.54, 1.807) is 0 Å². The Hall–Kier alpha value is -1.69. The summed E-state index contributed by atoms with van der Waals surface area (Å²) in [6.07, 6.45) is 0. The summed E-state index contributed by atoms with van der Waals surface area (Å²) < 4.78 is 1.47. The van der Waals surface area contributed by atoms with E-state index in [-0.39, 0.29) is 0 Å². The first kappa shape index (κ1) is 10.8. The van der Waals surface area contributed by atoms with E-state index in [2.05, 4.69) is 10.2 Å². The number of aryl methyl sites for hydroxylation is 2. The lowest BCUT2D eigenvalue weighted by atomic mass is 10.2. The number of hydrogen-bond donors (Lipinski definition) is 2. The van der Waals surface area contributed by atoms with Gasteiger partial charge in [0.2, 0.25) is 5.16 Å². The molecule has 0 aliphatic heterocycles. The summed E-state index contributed by atoms with van der Waals surface area (Å²) in [7, 11) is 0. The minimum Gasteiger partial charge on any atom is -0.399 e. The summed E-state index contributed by atoms with van der Waals surface area (Å²) in [5.74, 6) is 6.47. The van der Waals surface area contributed by atoms with Gasteiger partial charge in [-0.1, -0.05) is 0 Å². The highest BCUT2D eigenvalue weighted by Crippen LogP contribution is 2.29. The zero-order chi connectivity index (χ0) is 11.7. The van der Waals surface area contributed by atoms with Crippen LogP contribution in [0.3, 0.4) is 0 Å². The molecule has 1 aromatic heterocycles. The van der Waals surface area contributed by atoms with Gasteiger partial charge in [-0.25, -0.2) is 4.68 Å². The molecular weight excluding hydrogens is 222 g/mol. The number of anilines is 1. The summed E-state index contributed by atoms with van der Waals surface area (Å²) in [5, 5.41) is 8.57. The predicted molar refractivity (Wildman–Crippen MR) is 64.6 cm³/mol. The highest BCUT2D eigenvalue weighted by Gasteiger charge is 2.09. The van der Waals surface area contributed by atoms with E-state index in [0.29, 0.717) is 11.0 Å². The van der Waals surface area contributed by atoms with Crippen LogP contribution in [0, 0.1) is 13.8 Å². The summed E-state index contributed by atoms with van der Waals surface area (Å²) in [6.45, 7) is 3.82. The first-order valence-corrected chi connectivity index (χ1v) is 5.60. The summed E-state index contributed by atoms with van der Waals surface area (Å²) in [6, 6.07) is 5.74. The van der Waals surface area contributed by atoms with Gasteiger partial charge in [-0.3, -0.25) is 0 Å². The first-order valence-electron chi connectivity index (χ1n) is 4.79. The Morgan fingerprint density at radius 2 is 2.00 bits per heavy atom. The monoisotopic (exact) mass is 235 g/mol. The molecule has 0 amide bonds. The van der Waals surface area contributed by atoms with Gasteiger partial charge in [0.15, 0.2) is 0 Å². The summed E-state index contributed by atoms with van der Waals surface area (Å²) in [5.41, 5.74) is 7.55. The molecule has 1 aromatic carbocycles. The third-order valence-electron chi connectivity index (χ3n) is 2.24. The van der Waals surface area contributed by atoms with Crippen molar-refractivity contribution in [2.75, 3.05) is 11.6 Å². The van der Waals surface area contributed by atoms with Crippen molar-refractivity contribution in [1.82, 2.24) is 14.9 Å². The Morgan fingerprint density at radius 3 is 2.56 bits per heavy atom. The fourth-order valence-corrected chi connectivity index (χ4v) is 2.17. The predicted octanol–water partition coefficient (Wildman–Crippen LogP) is 1.34. The minimum atomic E-state index is 0.672. The van der Waals surface area contributed by atoms with Crippen molar-refractivity contribution in [2.24, 2.45) is 0 Å². The standard InChI is InChI=1S/C10H13N5S/c1-6-5-8(11)3-4-9(6)16-10-14-13-7(2)15(10)12/h3-5H,11-12H2,1-2H3. The fourth-order valence-electron chi connectivity index (χ4n) is 1.30. The number of aromatic nitrogens is 3. The Kier molecular flexibility index (Phi) is 2.74. The lowest BCUT2D eigenvalue weighted by Gasteiger charge is -2.05. The van der Waals surface area contributed by atoms with Gasteiger partial charge in [-0.15, -0.1) is 10.2 Å². The SMILES string of the molecule is Cc1cc(N)ccc1Sc1nnc(C)n1N. The molecule has 4 N–H and O–H groups in total. The van der Waals surface area contributed by atoms with Crippen LogP contribution in [-0.4, -0.2) is 14.9 Å². The molecule has 0 saturated carbocycles. The largest absolute Gasteiger partial charge is 0.399 e. The van der Waals surface area contributed by atoms with E-state index in [1.807, 2.05) is 32.0 Å². The smallest absolute Gasteiger partial charge is 0.214 e. The van der Waals surface area contributed by atoms with Gasteiger partial charge in [0, 0.05) is 10.6 Å². The molecule has 5 nitrogen and oxygen atoms in total. The van der Waals surface area contributed by atoms with E-state index in [1.165, 1.54) is 16.4 Å². The molecule has 0 fully saturated rings. The van der Waals surface area contributed by atoms with Crippen LogP contribution in [0.1, 0.15) is 11.4 Å². The lowest BCUT2D eigenvalue weighted by Crippen LogP contribution is -2.11. The van der Waals surface area contributed by atoms with Crippen molar-refractivity contribution < 1.29 is 0 Å². The van der Waals surface area contributed by atoms with Crippen LogP contribution in [0.25, 0.3) is 0 Å². The molecule has 0 spiro atoms. The Balaban J connectivity index is 2.30. The molecule has 0 saturated heterocycles. The third kappa shape index (κ3) is 1.96. The van der Waals surface area contributed by atoms with E-state index in [4.69, 9.17) is 11.6 Å². The maximum atomic E-state index is 5.78. The molecule has 0 atom stereocenters. The molecule has 0 bridgehead atoms. The molecule has 1 heterocycles. The van der Waals surface area contributed by atoms with Crippen molar-refractivity contribution in [2.45, 2.75) is 23.9 Å². The first-order chi connectivity index (χ1) is 7.58. The second-order valence-electron chi connectivity index (χ2n) is 3.53. The maximum Gasteiger partial charge on any atom is 0.214 e. The third-order valence-corrected chi connectivity index (χ3v) is 3.37. The zero-order valence-electron chi connectivity index (χ0n) is 9.14. The van der Waals surface area contributed by atoms with Gasteiger partial charge in [-0.05, 0) is 49.4 Å². The van der Waals surface area contributed by atoms with Crippen LogP contribution in [0.2, 0.25) is 0 Å². The maximum absolute atomic E-state index is 5.78. The zero-order valence-corrected chi connectivity index (χ0v) is 9.95. The number of nitrogens with two attached hydrogens (primary N) is 2. The summed E-state index contributed by atoms with van der Waals surface area (Å²) >= 11 is 1.48. The van der Waals surface area contributed by atoms with Crippen LogP contribution in [0.5, 0.6) is 0 Å². The number of benzene rings is 1. The molecule has 2 rings (SSSR count). The number of rotatable bonds is 2. The van der Waals surface area contributed by atoms with Crippen LogP contribution >= 0.6 is 11.8 Å². The average Bonchev–Trinajstić information content (AvgIpc) is 2.54. The molecule has 6 heteroatoms. The van der Waals surface area contributed by atoms with Crippen molar-refractivity contribution in [1.29, 1.82) is 0 Å². The molecule has 16 heavy (non-hydrogen) atoms. The number of nitrogens with zero attached hydrogens (tertiary/aromatic N) is 3. The van der Waals surface area contributed by atoms with E-state index in [0.717, 1.165) is 16.1 Å². The van der Waals surface area contributed by atoms with Crippen LogP contribution in [0.15, 0.2) is 28.3 Å². The van der Waals surface area contributed by atoms with Gasteiger partial charge in [0.1, 0.15) is 5.82 Å². The average molecular weight is 235 g/mol. The van der Waals surface area contributed by atoms with Crippen LogP contribution < -0.4 is 11.6 Å². The van der Waals surface area contributed by atoms with Gasteiger partial charge in [0.25, 0.3) is 0 Å². The van der Waals surface area contributed by atoms with Crippen molar-refractivity contribution in [3.63, 3.8) is 0 Å². The van der Waals surface area contributed by atoms with Gasteiger partial charge in [0.05, 0.1) is 0 Å². The highest BCUT2D eigenvalue weighted by molar-refractivity contribution is 7.99. The van der Waals surface area contributed by atoms with Crippen LogP contribution in [-0.2, 0) is 0 Å². The molecule has 0 aliphatic carbocycles. The molecular formula is C10H13N5S. The molecule has 2 aromatic rings. The van der Waals surface area contributed by atoms with Crippen molar-refractivity contribution in [3.8, 4) is 0 Å². The number of hydrogen-bond acceptors (Lipinski definition) is 5. The second kappa shape index (κ2) is 4.05. The fraction of sp³-hybridized carbons (Fsp3) is 0.200. The topological polar surface area (TPSA) is 82.8 Å². The Bertz CT molecular complexity index is 520.